The van der Waals surface area contributed by atoms with Crippen LogP contribution in [0.5, 0.6) is 0 Å². The van der Waals surface area contributed by atoms with Gasteiger partial charge >= 0.3 is 0 Å². The minimum atomic E-state index is -1.47. The lowest BCUT2D eigenvalue weighted by Gasteiger charge is -2.19. The molecule has 9 heteroatoms. The Morgan fingerprint density at radius 3 is 2.48 bits per heavy atom. The number of hydrogen-bond acceptors (Lipinski definition) is 7. The Morgan fingerprint density at radius 2 is 1.92 bits per heavy atom. The molecule has 0 radical (unpaired) electrons. The molecule has 1 saturated heterocycles. The van der Waals surface area contributed by atoms with E-state index >= 15 is 0 Å². The van der Waals surface area contributed by atoms with Gasteiger partial charge in [0.25, 0.3) is 11.5 Å². The Morgan fingerprint density at radius 1 is 1.24 bits per heavy atom. The summed E-state index contributed by atoms with van der Waals surface area (Å²) in [6.07, 6.45) is -3.89. The summed E-state index contributed by atoms with van der Waals surface area (Å²) in [5.74, 6) is -1.02. The summed E-state index contributed by atoms with van der Waals surface area (Å²) in [5.41, 5.74) is 4.75. The first kappa shape index (κ1) is 17.2. The van der Waals surface area contributed by atoms with Gasteiger partial charge in [0.1, 0.15) is 18.3 Å². The third-order valence-electron chi connectivity index (χ3n) is 4.02. The summed E-state index contributed by atoms with van der Waals surface area (Å²) in [5, 5.41) is 29.2. The zero-order valence-corrected chi connectivity index (χ0v) is 13.0. The van der Waals surface area contributed by atoms with Gasteiger partial charge in [-0.25, -0.2) is 4.98 Å². The molecule has 9 nitrogen and oxygen atoms in total. The molecule has 2 heterocycles. The van der Waals surface area contributed by atoms with Gasteiger partial charge in [0, 0.05) is 11.8 Å². The Balaban J connectivity index is 2.15. The minimum Gasteiger partial charge on any atom is -0.394 e. The number of ether oxygens (including phenoxy) is 1. The lowest BCUT2D eigenvalue weighted by atomic mass is 10.1. The number of nitrogens with zero attached hydrogens (tertiary/aromatic N) is 2. The molecule has 1 aliphatic rings. The highest BCUT2D eigenvalue weighted by Crippen LogP contribution is 2.29. The number of benzene rings is 1. The lowest BCUT2D eigenvalue weighted by molar-refractivity contribution is -0.0545. The van der Waals surface area contributed by atoms with E-state index in [1.165, 1.54) is 6.20 Å². The quantitative estimate of drug-likeness (QED) is 0.533. The van der Waals surface area contributed by atoms with Gasteiger partial charge in [0.2, 0.25) is 0 Å². The van der Waals surface area contributed by atoms with E-state index in [0.29, 0.717) is 5.56 Å². The SMILES string of the molecule is NC(=O)c1nc(-c2ccccc2)cn([C@@H]2O[C@H](CO)[C@@H](O)[C@@H]2O)c1=O. The van der Waals surface area contributed by atoms with E-state index in [2.05, 4.69) is 4.98 Å². The molecule has 3 rings (SSSR count). The molecule has 0 saturated carbocycles. The molecule has 132 valence electrons. The number of aliphatic hydroxyl groups excluding tert-OH is 3. The summed E-state index contributed by atoms with van der Waals surface area (Å²) >= 11 is 0. The molecule has 0 spiro atoms. The van der Waals surface area contributed by atoms with Gasteiger partial charge in [0.05, 0.1) is 12.3 Å². The van der Waals surface area contributed by atoms with Gasteiger partial charge in [-0.2, -0.15) is 0 Å². The second-order valence-electron chi connectivity index (χ2n) is 5.65. The van der Waals surface area contributed by atoms with E-state index in [1.807, 2.05) is 0 Å². The van der Waals surface area contributed by atoms with Crippen LogP contribution in [0.25, 0.3) is 11.3 Å². The summed E-state index contributed by atoms with van der Waals surface area (Å²) in [6, 6.07) is 8.74. The van der Waals surface area contributed by atoms with Crippen molar-refractivity contribution < 1.29 is 24.9 Å². The van der Waals surface area contributed by atoms with Gasteiger partial charge in [-0.05, 0) is 0 Å². The van der Waals surface area contributed by atoms with Crippen LogP contribution in [0.4, 0.5) is 0 Å². The smallest absolute Gasteiger partial charge is 0.284 e. The number of aliphatic hydroxyl groups is 3. The Labute approximate surface area is 141 Å². The molecule has 4 atom stereocenters. The number of amides is 1. The second kappa shape index (κ2) is 6.73. The molecule has 1 aromatic heterocycles. The fourth-order valence-corrected chi connectivity index (χ4v) is 2.72. The minimum absolute atomic E-state index is 0.270. The highest BCUT2D eigenvalue weighted by Gasteiger charge is 2.44. The lowest BCUT2D eigenvalue weighted by Crippen LogP contribution is -2.38. The molecule has 0 unspecified atom stereocenters. The van der Waals surface area contributed by atoms with Gasteiger partial charge in [0.15, 0.2) is 11.9 Å². The molecular weight excluding hydrogens is 330 g/mol. The Bertz CT molecular complexity index is 838. The topological polar surface area (TPSA) is 148 Å². The average Bonchev–Trinajstić information content (AvgIpc) is 2.90. The van der Waals surface area contributed by atoms with Crippen LogP contribution < -0.4 is 11.3 Å². The van der Waals surface area contributed by atoms with Crippen molar-refractivity contribution in [2.45, 2.75) is 24.5 Å². The monoisotopic (exact) mass is 347 g/mol. The summed E-state index contributed by atoms with van der Waals surface area (Å²) in [7, 11) is 0. The van der Waals surface area contributed by atoms with Crippen molar-refractivity contribution in [3.8, 4) is 11.3 Å². The van der Waals surface area contributed by atoms with Gasteiger partial charge < -0.3 is 25.8 Å². The van der Waals surface area contributed by atoms with Crippen molar-refractivity contribution in [1.29, 1.82) is 0 Å². The number of carbonyl (C=O) groups is 1. The molecular formula is C16H17N3O6. The van der Waals surface area contributed by atoms with E-state index in [4.69, 9.17) is 10.5 Å². The van der Waals surface area contributed by atoms with Gasteiger partial charge in [-0.3, -0.25) is 14.2 Å². The summed E-state index contributed by atoms with van der Waals surface area (Å²) < 4.78 is 6.32. The molecule has 25 heavy (non-hydrogen) atoms. The largest absolute Gasteiger partial charge is 0.394 e. The van der Waals surface area contributed by atoms with E-state index in [9.17, 15) is 24.9 Å². The molecule has 0 aliphatic carbocycles. The van der Waals surface area contributed by atoms with Crippen LogP contribution in [0.1, 0.15) is 16.7 Å². The van der Waals surface area contributed by atoms with Crippen LogP contribution in [0.3, 0.4) is 0 Å². The second-order valence-corrected chi connectivity index (χ2v) is 5.65. The van der Waals surface area contributed by atoms with Gasteiger partial charge in [-0.1, -0.05) is 30.3 Å². The number of primary amides is 1. The molecule has 2 aromatic rings. The highest BCUT2D eigenvalue weighted by atomic mass is 16.6. The van der Waals surface area contributed by atoms with Crippen molar-refractivity contribution in [2.24, 2.45) is 5.73 Å². The number of aromatic nitrogens is 2. The predicted molar refractivity (Wildman–Crippen MR) is 85.5 cm³/mol. The average molecular weight is 347 g/mol. The Hall–Kier alpha value is -2.59. The fourth-order valence-electron chi connectivity index (χ4n) is 2.72. The molecule has 1 fully saturated rings. The third kappa shape index (κ3) is 3.05. The Kier molecular flexibility index (Phi) is 4.64. The van der Waals surface area contributed by atoms with E-state index in [1.54, 1.807) is 30.3 Å². The zero-order valence-electron chi connectivity index (χ0n) is 13.0. The number of hydrogen-bond donors (Lipinski definition) is 4. The molecule has 5 N–H and O–H groups in total. The van der Waals surface area contributed by atoms with Crippen LogP contribution >= 0.6 is 0 Å². The summed E-state index contributed by atoms with van der Waals surface area (Å²) in [6.45, 7) is -0.539. The van der Waals surface area contributed by atoms with Crippen molar-refractivity contribution >= 4 is 5.91 Å². The maximum Gasteiger partial charge on any atom is 0.284 e. The van der Waals surface area contributed by atoms with E-state index < -0.39 is 48.3 Å². The maximum absolute atomic E-state index is 12.5. The molecule has 1 amide bonds. The van der Waals surface area contributed by atoms with Crippen LogP contribution in [-0.2, 0) is 4.74 Å². The first-order valence-electron chi connectivity index (χ1n) is 7.55. The number of carbonyl (C=O) groups excluding carboxylic acids is 1. The van der Waals surface area contributed by atoms with Crippen LogP contribution in [0.15, 0.2) is 41.3 Å². The first-order chi connectivity index (χ1) is 11.9. The van der Waals surface area contributed by atoms with Crippen LogP contribution in [0, 0.1) is 0 Å². The summed E-state index contributed by atoms with van der Waals surface area (Å²) in [4.78, 5) is 28.1. The highest BCUT2D eigenvalue weighted by molar-refractivity contribution is 5.90. The normalized spacial score (nSPS) is 25.9. The molecule has 0 bridgehead atoms. The number of nitrogens with two attached hydrogens (primary N) is 1. The molecule has 1 aromatic carbocycles. The van der Waals surface area contributed by atoms with Crippen LogP contribution in [-0.4, -0.2) is 55.7 Å². The van der Waals surface area contributed by atoms with E-state index in [0.717, 1.165) is 4.57 Å². The van der Waals surface area contributed by atoms with Crippen LogP contribution in [0.2, 0.25) is 0 Å². The number of rotatable bonds is 4. The first-order valence-corrected chi connectivity index (χ1v) is 7.55. The van der Waals surface area contributed by atoms with Crippen molar-refractivity contribution in [1.82, 2.24) is 9.55 Å². The van der Waals surface area contributed by atoms with Crippen molar-refractivity contribution in [3.05, 3.63) is 52.6 Å². The standard InChI is InChI=1S/C16H17N3O6/c17-14(23)11-15(24)19(16-13(22)12(21)10(7-20)25-16)6-9(18-11)8-4-2-1-3-5-8/h1-6,10,12-13,16,20-22H,7H2,(H2,17,23)/t10-,12-,13+,16-/m1/s1. The predicted octanol–water partition coefficient (Wildman–Crippen LogP) is -1.38. The van der Waals surface area contributed by atoms with Crippen molar-refractivity contribution in [2.75, 3.05) is 6.61 Å². The third-order valence-corrected chi connectivity index (χ3v) is 4.02. The molecule has 1 aliphatic heterocycles. The van der Waals surface area contributed by atoms with E-state index in [-0.39, 0.29) is 5.69 Å². The van der Waals surface area contributed by atoms with Gasteiger partial charge in [-0.15, -0.1) is 0 Å². The fraction of sp³-hybridized carbons (Fsp3) is 0.312. The zero-order chi connectivity index (χ0) is 18.1. The van der Waals surface area contributed by atoms with Crippen molar-refractivity contribution in [3.63, 3.8) is 0 Å². The maximum atomic E-state index is 12.5.